The number of hydrogen-bond acceptors (Lipinski definition) is 3. The number of aryl methyl sites for hydroxylation is 1. The maximum Gasteiger partial charge on any atom is 0.0712 e. The number of anilines is 1. The van der Waals surface area contributed by atoms with Gasteiger partial charge in [0.05, 0.1) is 23.3 Å². The predicted octanol–water partition coefficient (Wildman–Crippen LogP) is 5.13. The van der Waals surface area contributed by atoms with Crippen LogP contribution in [0, 0.1) is 0 Å². The van der Waals surface area contributed by atoms with Gasteiger partial charge in [-0.25, -0.2) is 0 Å². The summed E-state index contributed by atoms with van der Waals surface area (Å²) in [6.07, 6.45) is 4.18. The van der Waals surface area contributed by atoms with Gasteiger partial charge in [-0.05, 0) is 35.7 Å². The van der Waals surface area contributed by atoms with Crippen LogP contribution >= 0.6 is 0 Å². The average Bonchev–Trinajstić information content (AvgIpc) is 2.84. The fourth-order valence-corrected chi connectivity index (χ4v) is 3.07. The van der Waals surface area contributed by atoms with Crippen LogP contribution in [0.15, 0.2) is 58.6 Å². The standard InChI is InChI=1S/C21H25N3/c1-5-8-16-11-13-17(14-12-16)24(4)22-15-20-21(2,3)18-9-6-7-10-19(18)23-20/h6-7,9-15H,5,8H2,1-4H3. The first kappa shape index (κ1) is 16.4. The van der Waals surface area contributed by atoms with Crippen LogP contribution < -0.4 is 5.01 Å². The predicted molar refractivity (Wildman–Crippen MR) is 104 cm³/mol. The van der Waals surface area contributed by atoms with E-state index in [1.165, 1.54) is 17.5 Å². The smallest absolute Gasteiger partial charge is 0.0712 e. The van der Waals surface area contributed by atoms with Crippen LogP contribution in [0.4, 0.5) is 11.4 Å². The maximum absolute atomic E-state index is 4.75. The minimum atomic E-state index is -0.105. The Morgan fingerprint density at radius 3 is 2.46 bits per heavy atom. The molecule has 0 bridgehead atoms. The monoisotopic (exact) mass is 319 g/mol. The number of hydrazone groups is 1. The molecule has 0 atom stereocenters. The van der Waals surface area contributed by atoms with Gasteiger partial charge < -0.3 is 0 Å². The zero-order chi connectivity index (χ0) is 17.2. The van der Waals surface area contributed by atoms with Gasteiger partial charge in [-0.1, -0.05) is 57.5 Å². The number of benzene rings is 2. The number of hydrogen-bond donors (Lipinski definition) is 0. The molecule has 0 aromatic heterocycles. The second kappa shape index (κ2) is 6.60. The summed E-state index contributed by atoms with van der Waals surface area (Å²) in [6, 6.07) is 16.9. The first-order valence-electron chi connectivity index (χ1n) is 8.57. The largest absolute Gasteiger partial charge is 0.269 e. The van der Waals surface area contributed by atoms with Crippen LogP contribution in [0.1, 0.15) is 38.3 Å². The zero-order valence-corrected chi connectivity index (χ0v) is 15.0. The second-order valence-corrected chi connectivity index (χ2v) is 6.82. The molecule has 3 nitrogen and oxygen atoms in total. The number of para-hydroxylation sites is 1. The van der Waals surface area contributed by atoms with Crippen molar-refractivity contribution in [1.82, 2.24) is 0 Å². The van der Waals surface area contributed by atoms with Crippen molar-refractivity contribution < 1.29 is 0 Å². The molecule has 2 aromatic rings. The number of nitrogens with zero attached hydrogens (tertiary/aromatic N) is 3. The molecule has 0 N–H and O–H groups in total. The Bertz CT molecular complexity index is 770. The first-order chi connectivity index (χ1) is 11.5. The van der Waals surface area contributed by atoms with Gasteiger partial charge in [0, 0.05) is 12.5 Å². The van der Waals surface area contributed by atoms with Gasteiger partial charge in [0.1, 0.15) is 0 Å². The van der Waals surface area contributed by atoms with Gasteiger partial charge in [0.2, 0.25) is 0 Å². The topological polar surface area (TPSA) is 28.0 Å². The van der Waals surface area contributed by atoms with E-state index in [2.05, 4.69) is 68.3 Å². The minimum Gasteiger partial charge on any atom is -0.269 e. The molecule has 0 amide bonds. The van der Waals surface area contributed by atoms with Crippen molar-refractivity contribution in [2.45, 2.75) is 39.0 Å². The second-order valence-electron chi connectivity index (χ2n) is 6.82. The van der Waals surface area contributed by atoms with Crippen molar-refractivity contribution in [2.75, 3.05) is 12.1 Å². The highest BCUT2D eigenvalue weighted by molar-refractivity contribution is 6.36. The Labute approximate surface area is 144 Å². The molecule has 1 aliphatic heterocycles. The summed E-state index contributed by atoms with van der Waals surface area (Å²) >= 11 is 0. The summed E-state index contributed by atoms with van der Waals surface area (Å²) in [7, 11) is 1.97. The summed E-state index contributed by atoms with van der Waals surface area (Å²) in [5, 5.41) is 6.51. The Balaban J connectivity index is 1.76. The quantitative estimate of drug-likeness (QED) is 0.555. The third-order valence-electron chi connectivity index (χ3n) is 4.66. The fourth-order valence-electron chi connectivity index (χ4n) is 3.07. The van der Waals surface area contributed by atoms with E-state index < -0.39 is 0 Å². The Morgan fingerprint density at radius 1 is 1.08 bits per heavy atom. The molecule has 1 heterocycles. The molecule has 0 spiro atoms. The first-order valence-corrected chi connectivity index (χ1v) is 8.57. The molecule has 3 rings (SSSR count). The maximum atomic E-state index is 4.75. The molecule has 0 unspecified atom stereocenters. The van der Waals surface area contributed by atoms with E-state index in [1.54, 1.807) is 0 Å². The van der Waals surface area contributed by atoms with Crippen LogP contribution in [0.25, 0.3) is 0 Å². The molecule has 2 aromatic carbocycles. The lowest BCUT2D eigenvalue weighted by atomic mass is 9.82. The number of rotatable bonds is 5. The molecule has 0 fully saturated rings. The lowest BCUT2D eigenvalue weighted by Crippen LogP contribution is -2.27. The van der Waals surface area contributed by atoms with E-state index in [9.17, 15) is 0 Å². The van der Waals surface area contributed by atoms with Gasteiger partial charge in [-0.2, -0.15) is 5.10 Å². The summed E-state index contributed by atoms with van der Waals surface area (Å²) < 4.78 is 0. The average molecular weight is 319 g/mol. The van der Waals surface area contributed by atoms with Crippen LogP contribution in [-0.4, -0.2) is 19.0 Å². The molecule has 0 radical (unpaired) electrons. The summed E-state index contributed by atoms with van der Waals surface area (Å²) in [5.74, 6) is 0. The van der Waals surface area contributed by atoms with E-state index >= 15 is 0 Å². The van der Waals surface area contributed by atoms with Crippen LogP contribution in [-0.2, 0) is 11.8 Å². The zero-order valence-electron chi connectivity index (χ0n) is 15.0. The highest BCUT2D eigenvalue weighted by atomic mass is 15.4. The van der Waals surface area contributed by atoms with Gasteiger partial charge in [-0.3, -0.25) is 10.0 Å². The van der Waals surface area contributed by atoms with Crippen LogP contribution in [0.2, 0.25) is 0 Å². The van der Waals surface area contributed by atoms with Gasteiger partial charge in [0.25, 0.3) is 0 Å². The van der Waals surface area contributed by atoms with Crippen molar-refractivity contribution in [1.29, 1.82) is 0 Å². The molecule has 0 aliphatic carbocycles. The van der Waals surface area contributed by atoms with Gasteiger partial charge in [-0.15, -0.1) is 0 Å². The van der Waals surface area contributed by atoms with Gasteiger partial charge >= 0.3 is 0 Å². The van der Waals surface area contributed by atoms with Gasteiger partial charge in [0.15, 0.2) is 0 Å². The summed E-state index contributed by atoms with van der Waals surface area (Å²) in [4.78, 5) is 4.75. The minimum absolute atomic E-state index is 0.105. The molecule has 1 aliphatic rings. The number of fused-ring (bicyclic) bond motifs is 1. The van der Waals surface area contributed by atoms with Crippen molar-refractivity contribution >= 4 is 23.3 Å². The highest BCUT2D eigenvalue weighted by Gasteiger charge is 2.33. The van der Waals surface area contributed by atoms with Crippen LogP contribution in [0.5, 0.6) is 0 Å². The highest BCUT2D eigenvalue weighted by Crippen LogP contribution is 2.39. The van der Waals surface area contributed by atoms with Crippen LogP contribution in [0.3, 0.4) is 0 Å². The van der Waals surface area contributed by atoms with E-state index in [1.807, 2.05) is 24.3 Å². The lowest BCUT2D eigenvalue weighted by Gasteiger charge is -2.20. The van der Waals surface area contributed by atoms with E-state index in [-0.39, 0.29) is 5.41 Å². The third-order valence-corrected chi connectivity index (χ3v) is 4.66. The normalized spacial score (nSPS) is 15.4. The van der Waals surface area contributed by atoms with Crippen molar-refractivity contribution in [2.24, 2.45) is 10.1 Å². The summed E-state index contributed by atoms with van der Waals surface area (Å²) in [6.45, 7) is 6.60. The van der Waals surface area contributed by atoms with E-state index in [0.29, 0.717) is 0 Å². The molecular weight excluding hydrogens is 294 g/mol. The molecular formula is C21H25N3. The summed E-state index contributed by atoms with van der Waals surface area (Å²) in [5.41, 5.74) is 5.66. The third kappa shape index (κ3) is 3.12. The van der Waals surface area contributed by atoms with Crippen molar-refractivity contribution in [3.63, 3.8) is 0 Å². The van der Waals surface area contributed by atoms with Crippen molar-refractivity contribution in [3.8, 4) is 0 Å². The lowest BCUT2D eigenvalue weighted by molar-refractivity contribution is 0.744. The fraction of sp³-hybridized carbons (Fsp3) is 0.333. The molecule has 24 heavy (non-hydrogen) atoms. The SMILES string of the molecule is CCCc1ccc(N(C)N=CC2=Nc3ccccc3C2(C)C)cc1. The van der Waals surface area contributed by atoms with Crippen molar-refractivity contribution in [3.05, 3.63) is 59.7 Å². The molecule has 124 valence electrons. The van der Waals surface area contributed by atoms with E-state index in [0.717, 1.165) is 23.5 Å². The molecule has 3 heteroatoms. The Hall–Kier alpha value is -2.42. The Morgan fingerprint density at radius 2 is 1.79 bits per heavy atom. The van der Waals surface area contributed by atoms with E-state index in [4.69, 9.17) is 4.99 Å². The Kier molecular flexibility index (Phi) is 4.52. The molecule has 0 saturated carbocycles. The molecule has 0 saturated heterocycles. The number of aliphatic imine (C=N–C) groups is 1.